The summed E-state index contributed by atoms with van der Waals surface area (Å²) in [4.78, 5) is 0. The Balaban J connectivity index is 2.45. The number of rotatable bonds is 7. The SMILES string of the molecule is CCNC(COC)COc1ccccc1F. The van der Waals surface area contributed by atoms with Gasteiger partial charge in [0, 0.05) is 7.11 Å². The van der Waals surface area contributed by atoms with Gasteiger partial charge in [0.2, 0.25) is 0 Å². The molecule has 3 nitrogen and oxygen atoms in total. The molecule has 16 heavy (non-hydrogen) atoms. The van der Waals surface area contributed by atoms with E-state index in [0.29, 0.717) is 13.2 Å². The molecule has 0 bridgehead atoms. The predicted octanol–water partition coefficient (Wildman–Crippen LogP) is 1.83. The van der Waals surface area contributed by atoms with Crippen LogP contribution in [0.3, 0.4) is 0 Å². The highest BCUT2D eigenvalue weighted by Crippen LogP contribution is 2.15. The molecular weight excluding hydrogens is 209 g/mol. The van der Waals surface area contributed by atoms with Crippen LogP contribution in [0.1, 0.15) is 6.92 Å². The van der Waals surface area contributed by atoms with Crippen LogP contribution in [-0.4, -0.2) is 32.9 Å². The lowest BCUT2D eigenvalue weighted by atomic mass is 10.3. The van der Waals surface area contributed by atoms with Gasteiger partial charge in [-0.05, 0) is 18.7 Å². The molecule has 0 spiro atoms. The summed E-state index contributed by atoms with van der Waals surface area (Å²) in [7, 11) is 1.63. The topological polar surface area (TPSA) is 30.5 Å². The molecule has 4 heteroatoms. The second-order valence-corrected chi connectivity index (χ2v) is 3.45. The highest BCUT2D eigenvalue weighted by atomic mass is 19.1. The van der Waals surface area contributed by atoms with E-state index in [0.717, 1.165) is 6.54 Å². The Labute approximate surface area is 95.6 Å². The number of hydrogen-bond acceptors (Lipinski definition) is 3. The van der Waals surface area contributed by atoms with Crippen molar-refractivity contribution in [2.75, 3.05) is 26.9 Å². The fourth-order valence-corrected chi connectivity index (χ4v) is 1.41. The Bertz CT molecular complexity index is 301. The van der Waals surface area contributed by atoms with Gasteiger partial charge in [-0.1, -0.05) is 19.1 Å². The molecule has 1 atom stereocenters. The molecule has 1 N–H and O–H groups in total. The van der Waals surface area contributed by atoms with Gasteiger partial charge in [-0.15, -0.1) is 0 Å². The van der Waals surface area contributed by atoms with Crippen molar-refractivity contribution in [1.29, 1.82) is 0 Å². The summed E-state index contributed by atoms with van der Waals surface area (Å²) < 4.78 is 23.7. The first kappa shape index (κ1) is 12.9. The van der Waals surface area contributed by atoms with Crippen molar-refractivity contribution in [1.82, 2.24) is 5.32 Å². The van der Waals surface area contributed by atoms with Gasteiger partial charge in [0.15, 0.2) is 11.6 Å². The smallest absolute Gasteiger partial charge is 0.165 e. The monoisotopic (exact) mass is 227 g/mol. The van der Waals surface area contributed by atoms with Gasteiger partial charge in [-0.25, -0.2) is 4.39 Å². The van der Waals surface area contributed by atoms with E-state index in [-0.39, 0.29) is 17.6 Å². The first-order valence-electron chi connectivity index (χ1n) is 5.37. The van der Waals surface area contributed by atoms with Gasteiger partial charge >= 0.3 is 0 Å². The van der Waals surface area contributed by atoms with E-state index >= 15 is 0 Å². The maximum atomic E-state index is 13.2. The lowest BCUT2D eigenvalue weighted by Crippen LogP contribution is -2.38. The molecule has 0 aliphatic rings. The van der Waals surface area contributed by atoms with Crippen LogP contribution in [0.5, 0.6) is 5.75 Å². The number of ether oxygens (including phenoxy) is 2. The van der Waals surface area contributed by atoms with E-state index in [4.69, 9.17) is 9.47 Å². The Morgan fingerprint density at radius 2 is 2.06 bits per heavy atom. The Kier molecular flexibility index (Phi) is 5.82. The van der Waals surface area contributed by atoms with Crippen LogP contribution in [0.15, 0.2) is 24.3 Å². The van der Waals surface area contributed by atoms with Crippen molar-refractivity contribution in [3.8, 4) is 5.75 Å². The molecule has 0 saturated heterocycles. The van der Waals surface area contributed by atoms with Crippen molar-refractivity contribution in [3.05, 3.63) is 30.1 Å². The average molecular weight is 227 g/mol. The molecule has 1 rings (SSSR count). The Morgan fingerprint density at radius 3 is 2.69 bits per heavy atom. The van der Waals surface area contributed by atoms with E-state index in [9.17, 15) is 4.39 Å². The first-order valence-corrected chi connectivity index (χ1v) is 5.37. The molecule has 0 fully saturated rings. The minimum Gasteiger partial charge on any atom is -0.489 e. The van der Waals surface area contributed by atoms with Gasteiger partial charge in [0.1, 0.15) is 6.61 Å². The fraction of sp³-hybridized carbons (Fsp3) is 0.500. The molecule has 0 aromatic heterocycles. The average Bonchev–Trinajstić information content (AvgIpc) is 2.28. The zero-order chi connectivity index (χ0) is 11.8. The van der Waals surface area contributed by atoms with Crippen molar-refractivity contribution in [3.63, 3.8) is 0 Å². The minimum absolute atomic E-state index is 0.0783. The van der Waals surface area contributed by atoms with Crippen LogP contribution in [0.4, 0.5) is 4.39 Å². The molecule has 1 aromatic rings. The van der Waals surface area contributed by atoms with Crippen molar-refractivity contribution in [2.45, 2.75) is 13.0 Å². The second kappa shape index (κ2) is 7.19. The van der Waals surface area contributed by atoms with E-state index in [1.807, 2.05) is 6.92 Å². The van der Waals surface area contributed by atoms with Gasteiger partial charge in [-0.3, -0.25) is 0 Å². The van der Waals surface area contributed by atoms with E-state index in [1.54, 1.807) is 25.3 Å². The van der Waals surface area contributed by atoms with Crippen molar-refractivity contribution >= 4 is 0 Å². The fourth-order valence-electron chi connectivity index (χ4n) is 1.41. The maximum absolute atomic E-state index is 13.2. The largest absolute Gasteiger partial charge is 0.489 e. The lowest BCUT2D eigenvalue weighted by Gasteiger charge is -2.17. The van der Waals surface area contributed by atoms with Crippen LogP contribution in [0, 0.1) is 5.82 Å². The van der Waals surface area contributed by atoms with Gasteiger partial charge < -0.3 is 14.8 Å². The zero-order valence-electron chi connectivity index (χ0n) is 9.70. The van der Waals surface area contributed by atoms with Gasteiger partial charge in [0.05, 0.1) is 12.6 Å². The summed E-state index contributed by atoms with van der Waals surface area (Å²) in [5, 5.41) is 3.20. The Hall–Kier alpha value is -1.13. The summed E-state index contributed by atoms with van der Waals surface area (Å²) in [6.45, 7) is 3.77. The molecule has 0 heterocycles. The number of methoxy groups -OCH3 is 1. The van der Waals surface area contributed by atoms with E-state index in [1.165, 1.54) is 6.07 Å². The maximum Gasteiger partial charge on any atom is 0.165 e. The van der Waals surface area contributed by atoms with Crippen LogP contribution in [-0.2, 0) is 4.74 Å². The molecule has 1 aromatic carbocycles. The second-order valence-electron chi connectivity index (χ2n) is 3.45. The lowest BCUT2D eigenvalue weighted by molar-refractivity contribution is 0.135. The highest BCUT2D eigenvalue weighted by molar-refractivity contribution is 5.23. The number of benzene rings is 1. The molecular formula is C12H18FNO2. The predicted molar refractivity (Wildman–Crippen MR) is 61.2 cm³/mol. The molecule has 0 radical (unpaired) electrons. The van der Waals surface area contributed by atoms with Gasteiger partial charge in [-0.2, -0.15) is 0 Å². The first-order chi connectivity index (χ1) is 7.77. The zero-order valence-corrected chi connectivity index (χ0v) is 9.70. The standard InChI is InChI=1S/C12H18FNO2/c1-3-14-10(8-15-2)9-16-12-7-5-4-6-11(12)13/h4-7,10,14H,3,8-9H2,1-2H3. The highest BCUT2D eigenvalue weighted by Gasteiger charge is 2.09. The summed E-state index contributed by atoms with van der Waals surface area (Å²) in [5.41, 5.74) is 0. The third-order valence-corrected chi connectivity index (χ3v) is 2.14. The third-order valence-electron chi connectivity index (χ3n) is 2.14. The van der Waals surface area contributed by atoms with Crippen LogP contribution >= 0.6 is 0 Å². The van der Waals surface area contributed by atoms with Crippen LogP contribution < -0.4 is 10.1 Å². The molecule has 0 aliphatic carbocycles. The third kappa shape index (κ3) is 4.16. The molecule has 90 valence electrons. The molecule has 0 saturated carbocycles. The number of halogens is 1. The van der Waals surface area contributed by atoms with Crippen molar-refractivity contribution < 1.29 is 13.9 Å². The van der Waals surface area contributed by atoms with Crippen LogP contribution in [0.25, 0.3) is 0 Å². The molecule has 0 amide bonds. The summed E-state index contributed by atoms with van der Waals surface area (Å²) in [6, 6.07) is 6.46. The van der Waals surface area contributed by atoms with Crippen LogP contribution in [0.2, 0.25) is 0 Å². The van der Waals surface area contributed by atoms with E-state index in [2.05, 4.69) is 5.32 Å². The normalized spacial score (nSPS) is 12.4. The minimum atomic E-state index is -0.338. The van der Waals surface area contributed by atoms with Gasteiger partial charge in [0.25, 0.3) is 0 Å². The summed E-state index contributed by atoms with van der Waals surface area (Å²) in [5.74, 6) is -0.0586. The van der Waals surface area contributed by atoms with E-state index < -0.39 is 0 Å². The number of nitrogens with one attached hydrogen (secondary N) is 1. The number of hydrogen-bond donors (Lipinski definition) is 1. The number of likely N-dealkylation sites (N-methyl/N-ethyl adjacent to an activating group) is 1. The molecule has 1 unspecified atom stereocenters. The summed E-state index contributed by atoms with van der Waals surface area (Å²) >= 11 is 0. The quantitative estimate of drug-likeness (QED) is 0.771. The molecule has 0 aliphatic heterocycles. The number of para-hydroxylation sites is 1. The summed E-state index contributed by atoms with van der Waals surface area (Å²) in [6.07, 6.45) is 0. The Morgan fingerprint density at radius 1 is 1.31 bits per heavy atom. The van der Waals surface area contributed by atoms with Crippen molar-refractivity contribution in [2.24, 2.45) is 0 Å².